The van der Waals surface area contributed by atoms with Crippen LogP contribution in [0.25, 0.3) is 10.2 Å². The maximum atomic E-state index is 13.5. The van der Waals surface area contributed by atoms with Gasteiger partial charge in [-0.3, -0.25) is 4.79 Å². The molecule has 0 saturated carbocycles. The van der Waals surface area contributed by atoms with Gasteiger partial charge in [0.25, 0.3) is 0 Å². The summed E-state index contributed by atoms with van der Waals surface area (Å²) < 4.78 is 0. The minimum Gasteiger partial charge on any atom is -0.397 e. The van der Waals surface area contributed by atoms with Gasteiger partial charge in [0.1, 0.15) is 9.71 Å². The van der Waals surface area contributed by atoms with E-state index >= 15 is 0 Å². The van der Waals surface area contributed by atoms with E-state index in [9.17, 15) is 4.79 Å². The van der Waals surface area contributed by atoms with Crippen LogP contribution < -0.4 is 5.73 Å². The van der Waals surface area contributed by atoms with Crippen molar-refractivity contribution in [2.45, 2.75) is 66.7 Å². The number of aromatic nitrogens is 1. The molecule has 4 rings (SSSR count). The summed E-state index contributed by atoms with van der Waals surface area (Å²) in [6.45, 7) is 10.6. The summed E-state index contributed by atoms with van der Waals surface area (Å²) in [7, 11) is 0. The number of thiophene rings is 1. The van der Waals surface area contributed by atoms with Gasteiger partial charge in [-0.15, -0.1) is 11.3 Å². The monoisotopic (exact) mass is 406 g/mol. The summed E-state index contributed by atoms with van der Waals surface area (Å²) in [4.78, 5) is 20.0. The van der Waals surface area contributed by atoms with Gasteiger partial charge in [0.05, 0.1) is 5.69 Å². The minimum absolute atomic E-state index is 0.0274. The molecule has 2 N–H and O–H groups in total. The molecular weight excluding hydrogens is 376 g/mol. The zero-order chi connectivity index (χ0) is 20.9. The number of nitrogens with zero attached hydrogens (tertiary/aromatic N) is 1. The topological polar surface area (TPSA) is 56.0 Å². The molecule has 152 valence electrons. The summed E-state index contributed by atoms with van der Waals surface area (Å²) in [5.74, 6) is 0.562. The first kappa shape index (κ1) is 20.1. The first-order valence-corrected chi connectivity index (χ1v) is 11.4. The van der Waals surface area contributed by atoms with Gasteiger partial charge in [-0.25, -0.2) is 4.98 Å². The molecule has 1 aliphatic carbocycles. The van der Waals surface area contributed by atoms with Crippen LogP contribution in [-0.4, -0.2) is 10.8 Å². The second-order valence-electron chi connectivity index (χ2n) is 8.93. The van der Waals surface area contributed by atoms with Crippen molar-refractivity contribution in [2.24, 2.45) is 5.92 Å². The lowest BCUT2D eigenvalue weighted by molar-refractivity contribution is 0.104. The Morgan fingerprint density at radius 1 is 1.10 bits per heavy atom. The van der Waals surface area contributed by atoms with Crippen LogP contribution in [0.15, 0.2) is 12.1 Å². The molecule has 2 heterocycles. The molecule has 3 nitrogen and oxygen atoms in total. The van der Waals surface area contributed by atoms with E-state index in [-0.39, 0.29) is 5.78 Å². The molecule has 0 amide bonds. The molecule has 2 aromatic heterocycles. The summed E-state index contributed by atoms with van der Waals surface area (Å²) in [6, 6.07) is 4.09. The Morgan fingerprint density at radius 3 is 2.52 bits per heavy atom. The molecule has 0 spiro atoms. The van der Waals surface area contributed by atoms with Gasteiger partial charge >= 0.3 is 0 Å². The van der Waals surface area contributed by atoms with Crippen molar-refractivity contribution in [3.63, 3.8) is 0 Å². The molecule has 0 saturated heterocycles. The lowest BCUT2D eigenvalue weighted by atomic mass is 9.87. The van der Waals surface area contributed by atoms with Crippen molar-refractivity contribution in [3.8, 4) is 0 Å². The van der Waals surface area contributed by atoms with Crippen molar-refractivity contribution in [3.05, 3.63) is 56.1 Å². The first-order chi connectivity index (χ1) is 13.8. The number of hydrogen-bond acceptors (Lipinski definition) is 4. The molecule has 0 bridgehead atoms. The number of rotatable bonds is 4. The molecule has 0 unspecified atom stereocenters. The third-order valence-electron chi connectivity index (χ3n) is 6.17. The lowest BCUT2D eigenvalue weighted by Gasteiger charge is -2.21. The average Bonchev–Trinajstić information content (AvgIpc) is 3.00. The number of carbonyl (C=O) groups excluding carboxylic acids is 1. The predicted molar refractivity (Wildman–Crippen MR) is 123 cm³/mol. The van der Waals surface area contributed by atoms with E-state index in [0.29, 0.717) is 16.5 Å². The van der Waals surface area contributed by atoms with Crippen LogP contribution in [0.3, 0.4) is 0 Å². The number of benzene rings is 1. The van der Waals surface area contributed by atoms with Crippen LogP contribution in [0, 0.1) is 26.7 Å². The van der Waals surface area contributed by atoms with Crippen molar-refractivity contribution < 1.29 is 4.79 Å². The highest BCUT2D eigenvalue weighted by Crippen LogP contribution is 2.41. The van der Waals surface area contributed by atoms with Crippen LogP contribution in [0.1, 0.15) is 75.4 Å². The van der Waals surface area contributed by atoms with E-state index in [0.717, 1.165) is 46.2 Å². The van der Waals surface area contributed by atoms with Gasteiger partial charge in [0.2, 0.25) is 5.78 Å². The van der Waals surface area contributed by atoms with Crippen molar-refractivity contribution in [1.82, 2.24) is 4.98 Å². The highest BCUT2D eigenvalue weighted by molar-refractivity contribution is 7.21. The number of anilines is 1. The van der Waals surface area contributed by atoms with Crippen molar-refractivity contribution in [2.75, 3.05) is 5.73 Å². The highest BCUT2D eigenvalue weighted by Gasteiger charge is 2.26. The van der Waals surface area contributed by atoms with E-state index < -0.39 is 0 Å². The van der Waals surface area contributed by atoms with E-state index in [2.05, 4.69) is 33.8 Å². The summed E-state index contributed by atoms with van der Waals surface area (Å²) >= 11 is 1.47. The molecule has 3 aromatic rings. The van der Waals surface area contributed by atoms with E-state index in [1.54, 1.807) is 0 Å². The third kappa shape index (κ3) is 3.48. The smallest absolute Gasteiger partial charge is 0.205 e. The Kier molecular flexibility index (Phi) is 5.24. The number of ketones is 1. The zero-order valence-corrected chi connectivity index (χ0v) is 18.9. The summed E-state index contributed by atoms with van der Waals surface area (Å²) in [5, 5.41) is 1.04. The Bertz CT molecular complexity index is 1120. The SMILES string of the molecule is Cc1cc(C)c(C(=O)c2sc3nc4c(c(CC(C)C)c3c2N)CCCC4)cc1C. The van der Waals surface area contributed by atoms with Crippen molar-refractivity contribution in [1.29, 1.82) is 0 Å². The highest BCUT2D eigenvalue weighted by atomic mass is 32.1. The van der Waals surface area contributed by atoms with Gasteiger partial charge < -0.3 is 5.73 Å². The number of aryl methyl sites for hydroxylation is 4. The van der Waals surface area contributed by atoms with Crippen LogP contribution in [0.5, 0.6) is 0 Å². The number of carbonyl (C=O) groups is 1. The van der Waals surface area contributed by atoms with E-state index in [4.69, 9.17) is 10.7 Å². The Balaban J connectivity index is 1.92. The second kappa shape index (κ2) is 7.56. The number of pyridine rings is 1. The molecule has 0 aliphatic heterocycles. The molecule has 1 aromatic carbocycles. The number of nitrogens with two attached hydrogens (primary N) is 1. The summed E-state index contributed by atoms with van der Waals surface area (Å²) in [5.41, 5.74) is 15.3. The fourth-order valence-electron chi connectivity index (χ4n) is 4.54. The molecular formula is C25H30N2OS. The predicted octanol–water partition coefficient (Wildman–Crippen LogP) is 6.11. The maximum absolute atomic E-state index is 13.5. The Morgan fingerprint density at radius 2 is 1.79 bits per heavy atom. The minimum atomic E-state index is 0.0274. The number of fused-ring (bicyclic) bond motifs is 2. The molecule has 29 heavy (non-hydrogen) atoms. The molecule has 4 heteroatoms. The molecule has 0 atom stereocenters. The maximum Gasteiger partial charge on any atom is 0.205 e. The van der Waals surface area contributed by atoms with Crippen LogP contribution in [0.4, 0.5) is 5.69 Å². The van der Waals surface area contributed by atoms with Crippen molar-refractivity contribution >= 4 is 33.0 Å². The molecule has 0 radical (unpaired) electrons. The average molecular weight is 407 g/mol. The molecule has 0 fully saturated rings. The number of hydrogen-bond donors (Lipinski definition) is 1. The first-order valence-electron chi connectivity index (χ1n) is 10.6. The fourth-order valence-corrected chi connectivity index (χ4v) is 5.64. The lowest BCUT2D eigenvalue weighted by Crippen LogP contribution is -2.11. The van der Waals surface area contributed by atoms with Crippen LogP contribution in [-0.2, 0) is 19.3 Å². The Hall–Kier alpha value is -2.20. The van der Waals surface area contributed by atoms with Gasteiger partial charge in [-0.1, -0.05) is 19.9 Å². The number of nitrogen functional groups attached to an aromatic ring is 1. The van der Waals surface area contributed by atoms with E-state index in [1.807, 2.05) is 13.0 Å². The van der Waals surface area contributed by atoms with Gasteiger partial charge in [-0.05, 0) is 92.7 Å². The summed E-state index contributed by atoms with van der Waals surface area (Å²) in [6.07, 6.45) is 5.51. The zero-order valence-electron chi connectivity index (χ0n) is 18.1. The van der Waals surface area contributed by atoms with Gasteiger partial charge in [-0.2, -0.15) is 0 Å². The van der Waals surface area contributed by atoms with E-state index in [1.165, 1.54) is 46.6 Å². The Labute approximate surface area is 177 Å². The normalized spacial score (nSPS) is 13.9. The van der Waals surface area contributed by atoms with Gasteiger partial charge in [0.15, 0.2) is 0 Å². The van der Waals surface area contributed by atoms with Gasteiger partial charge in [0, 0.05) is 16.6 Å². The quantitative estimate of drug-likeness (QED) is 0.532. The largest absolute Gasteiger partial charge is 0.397 e. The van der Waals surface area contributed by atoms with Crippen LogP contribution in [0.2, 0.25) is 0 Å². The standard InChI is InChI=1S/C25H30N2OS/c1-13(2)10-19-17-8-6-7-9-20(17)27-25-21(19)22(26)24(29-25)23(28)18-12-15(4)14(3)11-16(18)5/h11-13H,6-10,26H2,1-5H3. The van der Waals surface area contributed by atoms with Crippen LogP contribution >= 0.6 is 11.3 Å². The third-order valence-corrected chi connectivity index (χ3v) is 7.27. The molecule has 1 aliphatic rings. The second-order valence-corrected chi connectivity index (χ2v) is 9.93. The fraction of sp³-hybridized carbons (Fsp3) is 0.440.